The Balaban J connectivity index is 2.22. The van der Waals surface area contributed by atoms with Crippen molar-refractivity contribution in [3.63, 3.8) is 0 Å². The number of aliphatic hydroxyl groups excluding tert-OH is 1. The Labute approximate surface area is 81.9 Å². The maximum absolute atomic E-state index is 9.51. The van der Waals surface area contributed by atoms with E-state index >= 15 is 0 Å². The summed E-state index contributed by atoms with van der Waals surface area (Å²) in [6.45, 7) is 0. The molecule has 1 rings (SSSR count). The van der Waals surface area contributed by atoms with Crippen molar-refractivity contribution in [1.29, 1.82) is 0 Å². The van der Waals surface area contributed by atoms with Gasteiger partial charge in [0.15, 0.2) is 0 Å². The van der Waals surface area contributed by atoms with Crippen molar-refractivity contribution in [2.75, 3.05) is 0 Å². The lowest BCUT2D eigenvalue weighted by atomic mass is 10.0. The van der Waals surface area contributed by atoms with Gasteiger partial charge in [-0.15, -0.1) is 0 Å². The van der Waals surface area contributed by atoms with Crippen LogP contribution in [0.2, 0.25) is 0 Å². The largest absolute Gasteiger partial charge is 0.389 e. The van der Waals surface area contributed by atoms with E-state index in [0.29, 0.717) is 0 Å². The number of aliphatic hydroxyl groups is 1. The fraction of sp³-hybridized carbons (Fsp3) is 0.833. The van der Waals surface area contributed by atoms with Crippen LogP contribution in [0.25, 0.3) is 0 Å². The second-order valence-corrected chi connectivity index (χ2v) is 4.05. The molecule has 0 fully saturated rings. The van der Waals surface area contributed by atoms with Crippen molar-refractivity contribution in [2.45, 2.75) is 63.9 Å². The van der Waals surface area contributed by atoms with Crippen LogP contribution in [0, 0.1) is 0 Å². The van der Waals surface area contributed by atoms with Crippen molar-refractivity contribution in [2.24, 2.45) is 0 Å². The number of rotatable bonds is 0. The zero-order chi connectivity index (χ0) is 9.36. The van der Waals surface area contributed by atoms with E-state index in [9.17, 15) is 5.11 Å². The SMILES string of the molecule is OC1C=CCCCCCCCCC1. The fourth-order valence-corrected chi connectivity index (χ4v) is 1.85. The van der Waals surface area contributed by atoms with Gasteiger partial charge in [0.1, 0.15) is 0 Å². The maximum atomic E-state index is 9.51. The molecule has 1 aliphatic rings. The Kier molecular flexibility index (Phi) is 5.92. The molecular formula is C12H22O. The average Bonchev–Trinajstić information content (AvgIpc) is 2.11. The van der Waals surface area contributed by atoms with Gasteiger partial charge >= 0.3 is 0 Å². The lowest BCUT2D eigenvalue weighted by Crippen LogP contribution is -2.01. The molecule has 1 aliphatic carbocycles. The van der Waals surface area contributed by atoms with E-state index in [2.05, 4.69) is 6.08 Å². The minimum atomic E-state index is -0.181. The molecule has 1 atom stereocenters. The first-order valence-corrected chi connectivity index (χ1v) is 5.74. The third-order valence-electron chi connectivity index (χ3n) is 2.73. The van der Waals surface area contributed by atoms with Gasteiger partial charge in [0.05, 0.1) is 6.10 Å². The molecule has 0 aromatic carbocycles. The molecule has 0 saturated carbocycles. The van der Waals surface area contributed by atoms with Crippen LogP contribution in [-0.4, -0.2) is 11.2 Å². The molecule has 1 nitrogen and oxygen atoms in total. The summed E-state index contributed by atoms with van der Waals surface area (Å²) in [5.41, 5.74) is 0. The molecule has 0 bridgehead atoms. The maximum Gasteiger partial charge on any atom is 0.0720 e. The predicted molar refractivity (Wildman–Crippen MR) is 56.7 cm³/mol. The van der Waals surface area contributed by atoms with Gasteiger partial charge in [0.2, 0.25) is 0 Å². The Morgan fingerprint density at radius 3 is 2.23 bits per heavy atom. The highest BCUT2D eigenvalue weighted by atomic mass is 16.3. The Morgan fingerprint density at radius 1 is 0.846 bits per heavy atom. The van der Waals surface area contributed by atoms with Crippen molar-refractivity contribution >= 4 is 0 Å². The summed E-state index contributed by atoms with van der Waals surface area (Å²) >= 11 is 0. The van der Waals surface area contributed by atoms with Crippen LogP contribution in [-0.2, 0) is 0 Å². The van der Waals surface area contributed by atoms with Crippen molar-refractivity contribution in [3.05, 3.63) is 12.2 Å². The summed E-state index contributed by atoms with van der Waals surface area (Å²) in [5, 5.41) is 9.51. The van der Waals surface area contributed by atoms with E-state index in [0.717, 1.165) is 12.8 Å². The van der Waals surface area contributed by atoms with Gasteiger partial charge in [-0.3, -0.25) is 0 Å². The topological polar surface area (TPSA) is 20.2 Å². The summed E-state index contributed by atoms with van der Waals surface area (Å²) in [6.07, 6.45) is 15.3. The van der Waals surface area contributed by atoms with Gasteiger partial charge in [-0.05, 0) is 19.3 Å². The monoisotopic (exact) mass is 182 g/mol. The van der Waals surface area contributed by atoms with E-state index in [1.807, 2.05) is 6.08 Å². The molecular weight excluding hydrogens is 160 g/mol. The van der Waals surface area contributed by atoms with Gasteiger partial charge in [-0.25, -0.2) is 0 Å². The lowest BCUT2D eigenvalue weighted by molar-refractivity contribution is 0.207. The van der Waals surface area contributed by atoms with Crippen LogP contribution in [0.1, 0.15) is 57.8 Å². The molecule has 76 valence electrons. The van der Waals surface area contributed by atoms with Crippen LogP contribution in [0.4, 0.5) is 0 Å². The normalized spacial score (nSPS) is 27.6. The molecule has 0 amide bonds. The minimum Gasteiger partial charge on any atom is -0.389 e. The van der Waals surface area contributed by atoms with Crippen molar-refractivity contribution in [1.82, 2.24) is 0 Å². The lowest BCUT2D eigenvalue weighted by Gasteiger charge is -2.07. The van der Waals surface area contributed by atoms with Gasteiger partial charge in [-0.2, -0.15) is 0 Å². The number of hydrogen-bond donors (Lipinski definition) is 1. The quantitative estimate of drug-likeness (QED) is 0.569. The second-order valence-electron chi connectivity index (χ2n) is 4.05. The van der Waals surface area contributed by atoms with Crippen molar-refractivity contribution < 1.29 is 5.11 Å². The molecule has 0 aromatic rings. The molecule has 1 heteroatoms. The molecule has 0 spiro atoms. The first-order valence-electron chi connectivity index (χ1n) is 5.74. The smallest absolute Gasteiger partial charge is 0.0720 e. The molecule has 1 N–H and O–H groups in total. The second kappa shape index (κ2) is 7.14. The molecule has 0 aromatic heterocycles. The molecule has 1 unspecified atom stereocenters. The van der Waals surface area contributed by atoms with Crippen LogP contribution >= 0.6 is 0 Å². The molecule has 13 heavy (non-hydrogen) atoms. The highest BCUT2D eigenvalue weighted by molar-refractivity contribution is 4.88. The Morgan fingerprint density at radius 2 is 1.46 bits per heavy atom. The van der Waals surface area contributed by atoms with E-state index < -0.39 is 0 Å². The van der Waals surface area contributed by atoms with Crippen LogP contribution in [0.15, 0.2) is 12.2 Å². The summed E-state index contributed by atoms with van der Waals surface area (Å²) in [7, 11) is 0. The van der Waals surface area contributed by atoms with Crippen LogP contribution in [0.3, 0.4) is 0 Å². The predicted octanol–water partition coefficient (Wildman–Crippen LogP) is 3.43. The van der Waals surface area contributed by atoms with Crippen LogP contribution < -0.4 is 0 Å². The Hall–Kier alpha value is -0.300. The zero-order valence-electron chi connectivity index (χ0n) is 8.54. The van der Waals surface area contributed by atoms with E-state index in [4.69, 9.17) is 0 Å². The first kappa shape index (κ1) is 10.8. The van der Waals surface area contributed by atoms with Gasteiger partial charge in [0.25, 0.3) is 0 Å². The number of hydrogen-bond acceptors (Lipinski definition) is 1. The first-order chi connectivity index (χ1) is 6.39. The van der Waals surface area contributed by atoms with Gasteiger partial charge in [-0.1, -0.05) is 50.7 Å². The molecule has 0 heterocycles. The number of allylic oxidation sites excluding steroid dienone is 1. The summed E-state index contributed by atoms with van der Waals surface area (Å²) in [5.74, 6) is 0. The third-order valence-corrected chi connectivity index (χ3v) is 2.73. The highest BCUT2D eigenvalue weighted by Crippen LogP contribution is 2.13. The van der Waals surface area contributed by atoms with E-state index in [1.54, 1.807) is 0 Å². The highest BCUT2D eigenvalue weighted by Gasteiger charge is 1.99. The summed E-state index contributed by atoms with van der Waals surface area (Å²) in [4.78, 5) is 0. The standard InChI is InChI=1S/C12H22O/c13-12-10-8-6-4-2-1-3-5-7-9-11-12/h8,10,12-13H,1-7,9,11H2. The summed E-state index contributed by atoms with van der Waals surface area (Å²) < 4.78 is 0. The zero-order valence-corrected chi connectivity index (χ0v) is 8.54. The Bertz CT molecular complexity index is 140. The summed E-state index contributed by atoms with van der Waals surface area (Å²) in [6, 6.07) is 0. The van der Waals surface area contributed by atoms with E-state index in [1.165, 1.54) is 44.9 Å². The molecule has 0 aliphatic heterocycles. The third kappa shape index (κ3) is 5.87. The van der Waals surface area contributed by atoms with Crippen LogP contribution in [0.5, 0.6) is 0 Å². The van der Waals surface area contributed by atoms with Gasteiger partial charge < -0.3 is 5.11 Å². The minimum absolute atomic E-state index is 0.181. The van der Waals surface area contributed by atoms with Gasteiger partial charge in [0, 0.05) is 0 Å². The molecule has 0 radical (unpaired) electrons. The fourth-order valence-electron chi connectivity index (χ4n) is 1.85. The average molecular weight is 182 g/mol. The molecule has 0 saturated heterocycles. The van der Waals surface area contributed by atoms with E-state index in [-0.39, 0.29) is 6.10 Å². The van der Waals surface area contributed by atoms with Crippen molar-refractivity contribution in [3.8, 4) is 0 Å².